The molecule has 0 bridgehead atoms. The van der Waals surface area contributed by atoms with Crippen molar-refractivity contribution < 1.29 is 19.4 Å². The summed E-state index contributed by atoms with van der Waals surface area (Å²) in [5.41, 5.74) is 0.185. The highest BCUT2D eigenvalue weighted by atomic mass is 16.7. The Morgan fingerprint density at radius 2 is 2.19 bits per heavy atom. The quantitative estimate of drug-likeness (QED) is 0.770. The van der Waals surface area contributed by atoms with Gasteiger partial charge in [-0.25, -0.2) is 4.79 Å². The van der Waals surface area contributed by atoms with E-state index in [9.17, 15) is 4.79 Å². The molecule has 1 N–H and O–H groups in total. The van der Waals surface area contributed by atoms with Gasteiger partial charge in [0.2, 0.25) is 0 Å². The molecule has 1 unspecified atom stereocenters. The number of carboxylic acids is 1. The van der Waals surface area contributed by atoms with Crippen molar-refractivity contribution in [3.05, 3.63) is 23.8 Å². The van der Waals surface area contributed by atoms with E-state index < -0.39 is 12.3 Å². The van der Waals surface area contributed by atoms with Crippen molar-refractivity contribution in [3.8, 4) is 23.3 Å². The molecular formula is C12H10O4. The van der Waals surface area contributed by atoms with Crippen LogP contribution in [-0.4, -0.2) is 17.4 Å². The van der Waals surface area contributed by atoms with Crippen LogP contribution < -0.4 is 9.47 Å². The van der Waals surface area contributed by atoms with E-state index in [1.807, 2.05) is 0 Å². The minimum atomic E-state index is -0.983. The molecule has 1 aromatic carbocycles. The van der Waals surface area contributed by atoms with Crippen LogP contribution in [0.1, 0.15) is 23.7 Å². The molecule has 0 saturated heterocycles. The summed E-state index contributed by atoms with van der Waals surface area (Å²) in [5, 5.41) is 8.80. The molecule has 0 amide bonds. The monoisotopic (exact) mass is 218 g/mol. The zero-order valence-corrected chi connectivity index (χ0v) is 8.69. The van der Waals surface area contributed by atoms with E-state index in [1.165, 1.54) is 12.1 Å². The van der Waals surface area contributed by atoms with Gasteiger partial charge in [-0.15, -0.1) is 5.92 Å². The van der Waals surface area contributed by atoms with E-state index in [4.69, 9.17) is 14.6 Å². The number of carbonyl (C=O) groups is 1. The minimum absolute atomic E-state index is 0.185. The van der Waals surface area contributed by atoms with Crippen molar-refractivity contribution in [2.75, 3.05) is 0 Å². The standard InChI is InChI=1S/C12H10O4/c1-2-3-4-11-15-9-6-5-8(12(13)14)7-10(9)16-11/h5-7,11H,4H2,1H3,(H,13,14). The summed E-state index contributed by atoms with van der Waals surface area (Å²) in [6.45, 7) is 1.74. The highest BCUT2D eigenvalue weighted by Gasteiger charge is 2.24. The van der Waals surface area contributed by atoms with Gasteiger partial charge in [0.15, 0.2) is 11.5 Å². The third-order valence-electron chi connectivity index (χ3n) is 2.15. The van der Waals surface area contributed by atoms with Crippen molar-refractivity contribution in [1.29, 1.82) is 0 Å². The van der Waals surface area contributed by atoms with Crippen LogP contribution in [0.5, 0.6) is 11.5 Å². The van der Waals surface area contributed by atoms with Gasteiger partial charge in [-0.2, -0.15) is 0 Å². The van der Waals surface area contributed by atoms with Crippen molar-refractivity contribution >= 4 is 5.97 Å². The molecule has 1 aromatic rings. The second kappa shape index (κ2) is 4.15. The minimum Gasteiger partial charge on any atom is -0.478 e. The summed E-state index contributed by atoms with van der Waals surface area (Å²) in [5.74, 6) is 5.63. The van der Waals surface area contributed by atoms with Gasteiger partial charge in [-0.05, 0) is 25.1 Å². The number of aromatic carboxylic acids is 1. The van der Waals surface area contributed by atoms with Crippen LogP contribution in [-0.2, 0) is 0 Å². The van der Waals surface area contributed by atoms with Crippen molar-refractivity contribution in [1.82, 2.24) is 0 Å². The third-order valence-corrected chi connectivity index (χ3v) is 2.15. The second-order valence-electron chi connectivity index (χ2n) is 3.26. The van der Waals surface area contributed by atoms with E-state index in [0.29, 0.717) is 17.9 Å². The number of ether oxygens (including phenoxy) is 2. The van der Waals surface area contributed by atoms with Crippen LogP contribution in [0, 0.1) is 11.8 Å². The highest BCUT2D eigenvalue weighted by Crippen LogP contribution is 2.36. The SMILES string of the molecule is CC#CCC1Oc2ccc(C(=O)O)cc2O1. The van der Waals surface area contributed by atoms with Crippen LogP contribution in [0.15, 0.2) is 18.2 Å². The van der Waals surface area contributed by atoms with Gasteiger partial charge in [0.1, 0.15) is 0 Å². The van der Waals surface area contributed by atoms with Gasteiger partial charge < -0.3 is 14.6 Å². The van der Waals surface area contributed by atoms with Gasteiger partial charge in [0, 0.05) is 0 Å². The topological polar surface area (TPSA) is 55.8 Å². The van der Waals surface area contributed by atoms with Gasteiger partial charge >= 0.3 is 5.97 Å². The first-order valence-electron chi connectivity index (χ1n) is 4.81. The summed E-state index contributed by atoms with van der Waals surface area (Å²) in [6.07, 6.45) is 0.0274. The number of hydrogen-bond acceptors (Lipinski definition) is 3. The molecule has 0 aromatic heterocycles. The summed E-state index contributed by atoms with van der Waals surface area (Å²) in [7, 11) is 0. The lowest BCUT2D eigenvalue weighted by Gasteiger charge is -2.04. The maximum Gasteiger partial charge on any atom is 0.335 e. The first-order valence-corrected chi connectivity index (χ1v) is 4.81. The first kappa shape index (κ1) is 10.4. The molecule has 4 nitrogen and oxygen atoms in total. The summed E-state index contributed by atoms with van der Waals surface area (Å²) in [4.78, 5) is 10.7. The summed E-state index contributed by atoms with van der Waals surface area (Å²) < 4.78 is 10.8. The van der Waals surface area contributed by atoms with Crippen molar-refractivity contribution in [2.45, 2.75) is 19.6 Å². The number of benzene rings is 1. The van der Waals surface area contributed by atoms with Gasteiger partial charge in [0.05, 0.1) is 12.0 Å². The van der Waals surface area contributed by atoms with Crippen LogP contribution in [0.25, 0.3) is 0 Å². The molecular weight excluding hydrogens is 208 g/mol. The molecule has 0 aliphatic carbocycles. The fourth-order valence-electron chi connectivity index (χ4n) is 1.41. The Kier molecular flexibility index (Phi) is 2.69. The molecule has 0 fully saturated rings. The number of rotatable bonds is 2. The predicted octanol–water partition coefficient (Wildman–Crippen LogP) is 1.90. The Labute approximate surface area is 92.8 Å². The second-order valence-corrected chi connectivity index (χ2v) is 3.26. The molecule has 82 valence electrons. The Hall–Kier alpha value is -2.15. The van der Waals surface area contributed by atoms with E-state index in [2.05, 4.69) is 11.8 Å². The summed E-state index contributed by atoms with van der Waals surface area (Å²) in [6, 6.07) is 4.54. The molecule has 0 spiro atoms. The van der Waals surface area contributed by atoms with Gasteiger partial charge in [-0.1, -0.05) is 5.92 Å². The zero-order valence-electron chi connectivity index (χ0n) is 8.69. The largest absolute Gasteiger partial charge is 0.478 e. The Morgan fingerprint density at radius 1 is 1.44 bits per heavy atom. The van der Waals surface area contributed by atoms with Crippen LogP contribution >= 0.6 is 0 Å². The molecule has 1 atom stereocenters. The fourth-order valence-corrected chi connectivity index (χ4v) is 1.41. The zero-order chi connectivity index (χ0) is 11.5. The Balaban J connectivity index is 2.17. The van der Waals surface area contributed by atoms with Crippen LogP contribution in [0.4, 0.5) is 0 Å². The third kappa shape index (κ3) is 1.94. The maximum atomic E-state index is 10.7. The van der Waals surface area contributed by atoms with E-state index >= 15 is 0 Å². The van der Waals surface area contributed by atoms with Crippen LogP contribution in [0.3, 0.4) is 0 Å². The Morgan fingerprint density at radius 3 is 2.88 bits per heavy atom. The number of fused-ring (bicyclic) bond motifs is 1. The molecule has 0 saturated carbocycles. The normalized spacial score (nSPS) is 16.4. The van der Waals surface area contributed by atoms with E-state index in [0.717, 1.165) is 0 Å². The maximum absolute atomic E-state index is 10.7. The molecule has 0 radical (unpaired) electrons. The number of hydrogen-bond donors (Lipinski definition) is 1. The fraction of sp³-hybridized carbons (Fsp3) is 0.250. The van der Waals surface area contributed by atoms with Crippen molar-refractivity contribution in [3.63, 3.8) is 0 Å². The lowest BCUT2D eigenvalue weighted by Crippen LogP contribution is -2.16. The lowest BCUT2D eigenvalue weighted by atomic mass is 10.2. The molecule has 1 aliphatic heterocycles. The molecule has 2 rings (SSSR count). The summed E-state index contributed by atoms with van der Waals surface area (Å²) >= 11 is 0. The average molecular weight is 218 g/mol. The van der Waals surface area contributed by atoms with Crippen LogP contribution in [0.2, 0.25) is 0 Å². The highest BCUT2D eigenvalue weighted by molar-refractivity contribution is 5.88. The smallest absolute Gasteiger partial charge is 0.335 e. The molecule has 4 heteroatoms. The first-order chi connectivity index (χ1) is 7.70. The molecule has 1 aliphatic rings. The van der Waals surface area contributed by atoms with Crippen molar-refractivity contribution in [2.24, 2.45) is 0 Å². The van der Waals surface area contributed by atoms with E-state index in [1.54, 1.807) is 13.0 Å². The molecule has 16 heavy (non-hydrogen) atoms. The number of carboxylic acid groups (broad SMARTS) is 1. The average Bonchev–Trinajstić information content (AvgIpc) is 2.67. The Bertz CT molecular complexity index is 482. The lowest BCUT2D eigenvalue weighted by molar-refractivity contribution is 0.0544. The molecule has 1 heterocycles. The predicted molar refractivity (Wildman–Crippen MR) is 56.5 cm³/mol. The van der Waals surface area contributed by atoms with Gasteiger partial charge in [-0.3, -0.25) is 0 Å². The van der Waals surface area contributed by atoms with E-state index in [-0.39, 0.29) is 5.56 Å². The van der Waals surface area contributed by atoms with Gasteiger partial charge in [0.25, 0.3) is 6.29 Å².